The lowest BCUT2D eigenvalue weighted by atomic mass is 9.87. The maximum Gasteiger partial charge on any atom is 0.149 e. The van der Waals surface area contributed by atoms with Crippen LogP contribution in [-0.4, -0.2) is 23.2 Å². The second-order valence-electron chi connectivity index (χ2n) is 5.17. The van der Waals surface area contributed by atoms with E-state index in [0.717, 1.165) is 30.8 Å². The molecule has 1 aliphatic rings. The zero-order chi connectivity index (χ0) is 12.3. The van der Waals surface area contributed by atoms with Crippen LogP contribution in [0, 0.1) is 12.3 Å². The summed E-state index contributed by atoms with van der Waals surface area (Å²) in [7, 11) is 0. The molecule has 1 aliphatic carbocycles. The van der Waals surface area contributed by atoms with Gasteiger partial charge in [-0.1, -0.05) is 12.8 Å². The molecule has 4 nitrogen and oxygen atoms in total. The van der Waals surface area contributed by atoms with Gasteiger partial charge in [0.15, 0.2) is 0 Å². The normalized spacial score (nSPS) is 18.2. The predicted molar refractivity (Wildman–Crippen MR) is 69.9 cm³/mol. The summed E-state index contributed by atoms with van der Waals surface area (Å²) in [5, 5.41) is 12.8. The van der Waals surface area contributed by atoms with Crippen molar-refractivity contribution in [1.29, 1.82) is 0 Å². The van der Waals surface area contributed by atoms with Crippen LogP contribution in [0.5, 0.6) is 0 Å². The summed E-state index contributed by atoms with van der Waals surface area (Å²) < 4.78 is 0. The van der Waals surface area contributed by atoms with Crippen molar-refractivity contribution >= 4 is 11.5 Å². The number of hydrogen-bond donors (Lipinski definition) is 3. The van der Waals surface area contributed by atoms with Crippen LogP contribution < -0.4 is 11.1 Å². The molecule has 1 heterocycles. The van der Waals surface area contributed by atoms with Crippen molar-refractivity contribution in [3.63, 3.8) is 0 Å². The zero-order valence-electron chi connectivity index (χ0n) is 10.4. The molecule has 0 saturated heterocycles. The van der Waals surface area contributed by atoms with Gasteiger partial charge >= 0.3 is 0 Å². The first kappa shape index (κ1) is 12.2. The Morgan fingerprint density at radius 1 is 1.47 bits per heavy atom. The fraction of sp³-hybridized carbons (Fsp3) is 0.615. The van der Waals surface area contributed by atoms with Crippen molar-refractivity contribution in [3.8, 4) is 0 Å². The third-order valence-corrected chi connectivity index (χ3v) is 3.68. The molecule has 1 aromatic rings. The SMILES string of the molecule is Cc1cnc(NCC2(CO)CCCC2)c(N)c1. The van der Waals surface area contributed by atoms with Crippen molar-refractivity contribution in [2.75, 3.05) is 24.2 Å². The molecule has 1 saturated carbocycles. The fourth-order valence-corrected chi connectivity index (χ4v) is 2.53. The first-order chi connectivity index (χ1) is 8.15. The van der Waals surface area contributed by atoms with E-state index in [2.05, 4.69) is 10.3 Å². The number of nitrogens with one attached hydrogen (secondary N) is 1. The lowest BCUT2D eigenvalue weighted by Gasteiger charge is -2.27. The van der Waals surface area contributed by atoms with Gasteiger partial charge < -0.3 is 16.2 Å². The second-order valence-corrected chi connectivity index (χ2v) is 5.17. The molecule has 94 valence electrons. The van der Waals surface area contributed by atoms with Gasteiger partial charge in [0.2, 0.25) is 0 Å². The Labute approximate surface area is 102 Å². The summed E-state index contributed by atoms with van der Waals surface area (Å²) in [4.78, 5) is 4.29. The molecule has 0 bridgehead atoms. The van der Waals surface area contributed by atoms with Gasteiger partial charge in [-0.2, -0.15) is 0 Å². The lowest BCUT2D eigenvalue weighted by molar-refractivity contribution is 0.142. The van der Waals surface area contributed by atoms with Crippen LogP contribution in [0.1, 0.15) is 31.2 Å². The third kappa shape index (κ3) is 2.69. The van der Waals surface area contributed by atoms with Crippen LogP contribution in [0.2, 0.25) is 0 Å². The number of nitrogens with two attached hydrogens (primary N) is 1. The van der Waals surface area contributed by atoms with Crippen LogP contribution in [-0.2, 0) is 0 Å². The molecule has 2 rings (SSSR count). The molecular weight excluding hydrogens is 214 g/mol. The van der Waals surface area contributed by atoms with E-state index in [1.54, 1.807) is 6.20 Å². The van der Waals surface area contributed by atoms with E-state index < -0.39 is 0 Å². The number of anilines is 2. The van der Waals surface area contributed by atoms with Gasteiger partial charge in [-0.25, -0.2) is 4.98 Å². The number of aliphatic hydroxyl groups excluding tert-OH is 1. The smallest absolute Gasteiger partial charge is 0.149 e. The molecule has 0 aromatic carbocycles. The van der Waals surface area contributed by atoms with E-state index in [1.165, 1.54) is 12.8 Å². The minimum atomic E-state index is 0.0268. The van der Waals surface area contributed by atoms with E-state index >= 15 is 0 Å². The number of aryl methyl sites for hydroxylation is 1. The van der Waals surface area contributed by atoms with Crippen LogP contribution in [0.3, 0.4) is 0 Å². The number of nitrogen functional groups attached to an aromatic ring is 1. The summed E-state index contributed by atoms with van der Waals surface area (Å²) in [6.07, 6.45) is 6.39. The van der Waals surface area contributed by atoms with Gasteiger partial charge in [-0.15, -0.1) is 0 Å². The van der Waals surface area contributed by atoms with Crippen molar-refractivity contribution in [2.45, 2.75) is 32.6 Å². The highest BCUT2D eigenvalue weighted by molar-refractivity contribution is 5.61. The Kier molecular flexibility index (Phi) is 3.52. The van der Waals surface area contributed by atoms with Crippen LogP contribution in [0.25, 0.3) is 0 Å². The molecule has 0 spiro atoms. The molecule has 1 aromatic heterocycles. The minimum absolute atomic E-state index is 0.0268. The fourth-order valence-electron chi connectivity index (χ4n) is 2.53. The number of hydrogen-bond acceptors (Lipinski definition) is 4. The second kappa shape index (κ2) is 4.92. The molecule has 0 aliphatic heterocycles. The minimum Gasteiger partial charge on any atom is -0.396 e. The number of nitrogens with zero attached hydrogens (tertiary/aromatic N) is 1. The predicted octanol–water partition coefficient (Wildman–Crippen LogP) is 1.94. The highest BCUT2D eigenvalue weighted by atomic mass is 16.3. The topological polar surface area (TPSA) is 71.2 Å². The maximum absolute atomic E-state index is 9.52. The Hall–Kier alpha value is -1.29. The summed E-state index contributed by atoms with van der Waals surface area (Å²) in [6, 6.07) is 1.91. The van der Waals surface area contributed by atoms with Crippen molar-refractivity contribution in [2.24, 2.45) is 5.41 Å². The van der Waals surface area contributed by atoms with Gasteiger partial charge in [0.05, 0.1) is 12.3 Å². The van der Waals surface area contributed by atoms with E-state index in [0.29, 0.717) is 5.69 Å². The van der Waals surface area contributed by atoms with Gasteiger partial charge in [0, 0.05) is 18.2 Å². The van der Waals surface area contributed by atoms with Crippen molar-refractivity contribution in [3.05, 3.63) is 17.8 Å². The van der Waals surface area contributed by atoms with Crippen LogP contribution in [0.15, 0.2) is 12.3 Å². The Balaban J connectivity index is 2.01. The standard InChI is InChI=1S/C13H21N3O/c1-10-6-11(14)12(15-7-10)16-8-13(9-17)4-2-3-5-13/h6-7,17H,2-5,8-9,14H2,1H3,(H,15,16). The summed E-state index contributed by atoms with van der Waals surface area (Å²) in [5.74, 6) is 0.732. The van der Waals surface area contributed by atoms with Crippen molar-refractivity contribution < 1.29 is 5.11 Å². The summed E-state index contributed by atoms with van der Waals surface area (Å²) in [6.45, 7) is 2.97. The lowest BCUT2D eigenvalue weighted by Crippen LogP contribution is -2.31. The summed E-state index contributed by atoms with van der Waals surface area (Å²) >= 11 is 0. The first-order valence-electron chi connectivity index (χ1n) is 6.22. The van der Waals surface area contributed by atoms with E-state index in [9.17, 15) is 5.11 Å². The number of aromatic nitrogens is 1. The molecule has 0 atom stereocenters. The summed E-state index contributed by atoms with van der Waals surface area (Å²) in [5.41, 5.74) is 7.67. The number of pyridine rings is 1. The molecular formula is C13H21N3O. The molecule has 1 fully saturated rings. The van der Waals surface area contributed by atoms with E-state index in [1.807, 2.05) is 13.0 Å². The highest BCUT2D eigenvalue weighted by Gasteiger charge is 2.33. The highest BCUT2D eigenvalue weighted by Crippen LogP contribution is 2.37. The molecule has 0 unspecified atom stereocenters. The van der Waals surface area contributed by atoms with Gasteiger partial charge in [-0.05, 0) is 31.4 Å². The molecule has 0 amide bonds. The Morgan fingerprint density at radius 3 is 2.76 bits per heavy atom. The third-order valence-electron chi connectivity index (χ3n) is 3.68. The first-order valence-corrected chi connectivity index (χ1v) is 6.22. The molecule has 17 heavy (non-hydrogen) atoms. The monoisotopic (exact) mass is 235 g/mol. The van der Waals surface area contributed by atoms with Crippen LogP contribution in [0.4, 0.5) is 11.5 Å². The maximum atomic E-state index is 9.52. The van der Waals surface area contributed by atoms with E-state index in [4.69, 9.17) is 5.73 Å². The molecule has 4 heteroatoms. The zero-order valence-corrected chi connectivity index (χ0v) is 10.4. The average Bonchev–Trinajstić information content (AvgIpc) is 2.77. The van der Waals surface area contributed by atoms with Gasteiger partial charge in [0.25, 0.3) is 0 Å². The Bertz CT molecular complexity index is 386. The number of rotatable bonds is 4. The molecule has 4 N–H and O–H groups in total. The average molecular weight is 235 g/mol. The van der Waals surface area contributed by atoms with Gasteiger partial charge in [0.1, 0.15) is 5.82 Å². The van der Waals surface area contributed by atoms with Crippen LogP contribution >= 0.6 is 0 Å². The van der Waals surface area contributed by atoms with Gasteiger partial charge in [-0.3, -0.25) is 0 Å². The van der Waals surface area contributed by atoms with Crippen molar-refractivity contribution in [1.82, 2.24) is 4.98 Å². The number of aliphatic hydroxyl groups is 1. The quantitative estimate of drug-likeness (QED) is 0.746. The Morgan fingerprint density at radius 2 is 2.18 bits per heavy atom. The largest absolute Gasteiger partial charge is 0.396 e. The molecule has 0 radical (unpaired) electrons. The van der Waals surface area contributed by atoms with E-state index in [-0.39, 0.29) is 12.0 Å².